The molecule has 152 valence electrons. The fourth-order valence-electron chi connectivity index (χ4n) is 3.35. The Bertz CT molecular complexity index is 683. The number of carbonyl (C=O) groups is 1. The van der Waals surface area contributed by atoms with Crippen LogP contribution in [-0.4, -0.2) is 51.8 Å². The van der Waals surface area contributed by atoms with Gasteiger partial charge in [0.1, 0.15) is 29.7 Å². The van der Waals surface area contributed by atoms with E-state index in [4.69, 9.17) is 14.2 Å². The van der Waals surface area contributed by atoms with Gasteiger partial charge >= 0.3 is 11.8 Å². The van der Waals surface area contributed by atoms with Crippen molar-refractivity contribution in [1.29, 1.82) is 0 Å². The summed E-state index contributed by atoms with van der Waals surface area (Å²) in [6.07, 6.45) is 0.299. The number of hydrogen-bond donors (Lipinski definition) is 1. The molecule has 27 heavy (non-hydrogen) atoms. The molecule has 0 spiro atoms. The summed E-state index contributed by atoms with van der Waals surface area (Å²) in [6.45, 7) is 7.18. The summed E-state index contributed by atoms with van der Waals surface area (Å²) in [5, 5.41) is 18.1. The van der Waals surface area contributed by atoms with Gasteiger partial charge in [0.25, 0.3) is 0 Å². The molecule has 1 amide bonds. The van der Waals surface area contributed by atoms with E-state index in [-0.39, 0.29) is 11.7 Å². The van der Waals surface area contributed by atoms with E-state index in [1.807, 2.05) is 6.92 Å². The van der Waals surface area contributed by atoms with Crippen LogP contribution in [0.1, 0.15) is 52.3 Å². The van der Waals surface area contributed by atoms with Gasteiger partial charge in [0, 0.05) is 14.2 Å². The van der Waals surface area contributed by atoms with Gasteiger partial charge in [-0.2, -0.15) is 5.10 Å². The molecule has 4 unspecified atom stereocenters. The van der Waals surface area contributed by atoms with Gasteiger partial charge in [0.2, 0.25) is 0 Å². The average Bonchev–Trinajstić information content (AvgIpc) is 2.84. The molecule has 0 aromatic carbocycles. The molecule has 1 aliphatic rings. The van der Waals surface area contributed by atoms with E-state index in [2.05, 4.69) is 10.4 Å². The lowest BCUT2D eigenvalue weighted by Gasteiger charge is -2.29. The number of ether oxygens (including phenoxy) is 3. The smallest absolute Gasteiger partial charge is 0.407 e. The summed E-state index contributed by atoms with van der Waals surface area (Å²) < 4.78 is 18.4. The Labute approximate surface area is 158 Å². The monoisotopic (exact) mass is 384 g/mol. The minimum atomic E-state index is -0.614. The highest BCUT2D eigenvalue weighted by atomic mass is 16.6. The van der Waals surface area contributed by atoms with Crippen molar-refractivity contribution >= 4 is 11.8 Å². The molecule has 1 aromatic rings. The van der Waals surface area contributed by atoms with Gasteiger partial charge < -0.3 is 19.5 Å². The highest BCUT2D eigenvalue weighted by Crippen LogP contribution is 2.35. The number of aromatic nitrogens is 2. The largest absolute Gasteiger partial charge is 0.444 e. The van der Waals surface area contributed by atoms with Crippen molar-refractivity contribution in [2.45, 2.75) is 70.5 Å². The van der Waals surface area contributed by atoms with E-state index >= 15 is 0 Å². The third-order valence-electron chi connectivity index (χ3n) is 4.42. The predicted molar refractivity (Wildman–Crippen MR) is 96.3 cm³/mol. The number of methoxy groups -OCH3 is 1. The Balaban J connectivity index is 2.20. The second kappa shape index (κ2) is 8.22. The lowest BCUT2D eigenvalue weighted by molar-refractivity contribution is -0.386. The van der Waals surface area contributed by atoms with Crippen molar-refractivity contribution in [1.82, 2.24) is 15.1 Å². The first kappa shape index (κ1) is 21.1. The summed E-state index contributed by atoms with van der Waals surface area (Å²) in [7, 11) is 3.19. The number of alkyl carbamates (subject to hydrolysis) is 1. The number of carbonyl (C=O) groups excluding carboxylic acids is 1. The number of rotatable bonds is 4. The maximum absolute atomic E-state index is 12.2. The number of aryl methyl sites for hydroxylation is 1. The Morgan fingerprint density at radius 2 is 2.11 bits per heavy atom. The van der Waals surface area contributed by atoms with Crippen LogP contribution in [0.2, 0.25) is 0 Å². The minimum Gasteiger partial charge on any atom is -0.444 e. The Morgan fingerprint density at radius 3 is 2.67 bits per heavy atom. The number of amides is 1. The number of hydrogen-bond acceptors (Lipinski definition) is 7. The van der Waals surface area contributed by atoms with Crippen LogP contribution in [0.4, 0.5) is 10.5 Å². The standard InChI is InChI=1S/C17H28N4O6/c1-10-15(25-6)11(19-16(22)27-17(2,3)4)7-8-13(26-10)14-12(21(23)24)9-18-20(14)5/h9-11,13,15H,7-8H2,1-6H3,(H,19,22). The summed E-state index contributed by atoms with van der Waals surface area (Å²) in [6, 6.07) is -0.350. The van der Waals surface area contributed by atoms with Gasteiger partial charge in [-0.1, -0.05) is 0 Å². The highest BCUT2D eigenvalue weighted by Gasteiger charge is 2.38. The zero-order valence-corrected chi connectivity index (χ0v) is 16.6. The fourth-order valence-corrected chi connectivity index (χ4v) is 3.35. The van der Waals surface area contributed by atoms with Gasteiger partial charge in [-0.3, -0.25) is 14.8 Å². The molecule has 1 N–H and O–H groups in total. The molecule has 10 heteroatoms. The van der Waals surface area contributed by atoms with Crippen LogP contribution in [0, 0.1) is 10.1 Å². The van der Waals surface area contributed by atoms with Crippen LogP contribution in [0.3, 0.4) is 0 Å². The quantitative estimate of drug-likeness (QED) is 0.626. The average molecular weight is 384 g/mol. The third kappa shape index (κ3) is 5.16. The van der Waals surface area contributed by atoms with Crippen LogP contribution < -0.4 is 5.32 Å². The van der Waals surface area contributed by atoms with Gasteiger partial charge in [0.05, 0.1) is 17.1 Å². The number of nitrogens with one attached hydrogen (secondary N) is 1. The van der Waals surface area contributed by atoms with Crippen molar-refractivity contribution in [3.8, 4) is 0 Å². The minimum absolute atomic E-state index is 0.0813. The van der Waals surface area contributed by atoms with E-state index in [9.17, 15) is 14.9 Å². The molecule has 0 radical (unpaired) electrons. The molecule has 1 saturated heterocycles. The predicted octanol–water partition coefficient (Wildman–Crippen LogP) is 2.48. The summed E-state index contributed by atoms with van der Waals surface area (Å²) in [5.41, 5.74) is -0.293. The molecule has 2 rings (SSSR count). The highest BCUT2D eigenvalue weighted by molar-refractivity contribution is 5.68. The van der Waals surface area contributed by atoms with E-state index < -0.39 is 34.9 Å². The third-order valence-corrected chi connectivity index (χ3v) is 4.42. The van der Waals surface area contributed by atoms with E-state index in [0.29, 0.717) is 18.5 Å². The van der Waals surface area contributed by atoms with E-state index in [1.165, 1.54) is 10.9 Å². The summed E-state index contributed by atoms with van der Waals surface area (Å²) >= 11 is 0. The van der Waals surface area contributed by atoms with Gasteiger partial charge in [-0.05, 0) is 40.5 Å². The number of nitro groups is 1. The topological polar surface area (TPSA) is 118 Å². The normalized spacial score (nSPS) is 26.3. The van der Waals surface area contributed by atoms with Crippen LogP contribution in [0.15, 0.2) is 6.20 Å². The second-order valence-electron chi connectivity index (χ2n) is 7.66. The van der Waals surface area contributed by atoms with Crippen molar-refractivity contribution in [3.63, 3.8) is 0 Å². The van der Waals surface area contributed by atoms with Crippen molar-refractivity contribution in [2.75, 3.05) is 7.11 Å². The molecular formula is C17H28N4O6. The molecule has 0 aliphatic carbocycles. The lowest BCUT2D eigenvalue weighted by Crippen LogP contribution is -2.49. The first-order chi connectivity index (χ1) is 12.5. The molecule has 4 atom stereocenters. The van der Waals surface area contributed by atoms with E-state index in [1.54, 1.807) is 34.9 Å². The second-order valence-corrected chi connectivity index (χ2v) is 7.66. The molecule has 2 heterocycles. The zero-order chi connectivity index (χ0) is 20.4. The first-order valence-electron chi connectivity index (χ1n) is 8.87. The maximum atomic E-state index is 12.2. The molecule has 1 fully saturated rings. The Morgan fingerprint density at radius 1 is 1.44 bits per heavy atom. The number of nitrogens with zero attached hydrogens (tertiary/aromatic N) is 3. The van der Waals surface area contributed by atoms with Gasteiger partial charge in [0.15, 0.2) is 0 Å². The summed E-state index contributed by atoms with van der Waals surface area (Å²) in [4.78, 5) is 23.0. The van der Waals surface area contributed by atoms with Crippen molar-refractivity contribution in [2.24, 2.45) is 7.05 Å². The molecule has 0 saturated carbocycles. The van der Waals surface area contributed by atoms with Crippen LogP contribution in [-0.2, 0) is 21.3 Å². The van der Waals surface area contributed by atoms with Crippen molar-refractivity contribution < 1.29 is 23.9 Å². The summed E-state index contributed by atoms with van der Waals surface area (Å²) in [5.74, 6) is 0. The lowest BCUT2D eigenvalue weighted by atomic mass is 10.0. The fraction of sp³-hybridized carbons (Fsp3) is 0.765. The molecular weight excluding hydrogens is 356 g/mol. The molecule has 0 bridgehead atoms. The zero-order valence-electron chi connectivity index (χ0n) is 16.6. The van der Waals surface area contributed by atoms with Crippen LogP contribution in [0.25, 0.3) is 0 Å². The van der Waals surface area contributed by atoms with Gasteiger partial charge in [-0.25, -0.2) is 4.79 Å². The van der Waals surface area contributed by atoms with Gasteiger partial charge in [-0.15, -0.1) is 0 Å². The van der Waals surface area contributed by atoms with Crippen LogP contribution in [0.5, 0.6) is 0 Å². The van der Waals surface area contributed by atoms with Crippen molar-refractivity contribution in [3.05, 3.63) is 22.0 Å². The maximum Gasteiger partial charge on any atom is 0.407 e. The first-order valence-corrected chi connectivity index (χ1v) is 8.87. The molecule has 1 aromatic heterocycles. The van der Waals surface area contributed by atoms with E-state index in [0.717, 1.165) is 0 Å². The van der Waals surface area contributed by atoms with Crippen LogP contribution >= 0.6 is 0 Å². The Kier molecular flexibility index (Phi) is 6.42. The molecule has 10 nitrogen and oxygen atoms in total. The Hall–Kier alpha value is -2.20. The SMILES string of the molecule is COC1C(NC(=O)OC(C)(C)C)CCC(c2c([N+](=O)[O-])cnn2C)OC1C. The molecule has 1 aliphatic heterocycles.